The molecule has 0 saturated carbocycles. The molecule has 0 aliphatic heterocycles. The van der Waals surface area contributed by atoms with Gasteiger partial charge in [0.1, 0.15) is 5.00 Å². The number of carbonyl (C=O) groups excluding carboxylic acids is 2. The second-order valence-corrected chi connectivity index (χ2v) is 6.62. The van der Waals surface area contributed by atoms with E-state index in [-0.39, 0.29) is 5.91 Å². The van der Waals surface area contributed by atoms with Gasteiger partial charge in [-0.3, -0.25) is 4.79 Å². The van der Waals surface area contributed by atoms with E-state index in [1.165, 1.54) is 11.3 Å². The summed E-state index contributed by atoms with van der Waals surface area (Å²) in [5, 5.41) is 7.50. The summed E-state index contributed by atoms with van der Waals surface area (Å²) < 4.78 is 6.79. The lowest BCUT2D eigenvalue weighted by Crippen LogP contribution is -2.14. The zero-order valence-corrected chi connectivity index (χ0v) is 15.4. The van der Waals surface area contributed by atoms with Crippen molar-refractivity contribution < 1.29 is 14.3 Å². The largest absolute Gasteiger partial charge is 0.462 e. The zero-order valence-electron chi connectivity index (χ0n) is 14.6. The Kier molecular flexibility index (Phi) is 5.48. The van der Waals surface area contributed by atoms with Crippen molar-refractivity contribution >= 4 is 28.2 Å². The maximum absolute atomic E-state index is 12.6. The van der Waals surface area contributed by atoms with E-state index in [1.807, 2.05) is 31.3 Å². The highest BCUT2D eigenvalue weighted by molar-refractivity contribution is 7.16. The molecule has 0 spiro atoms. The average molecular weight is 369 g/mol. The van der Waals surface area contributed by atoms with Crippen LogP contribution in [-0.4, -0.2) is 28.3 Å². The Bertz CT molecular complexity index is 899. The van der Waals surface area contributed by atoms with E-state index in [0.717, 1.165) is 17.0 Å². The molecule has 134 valence electrons. The van der Waals surface area contributed by atoms with Crippen LogP contribution < -0.4 is 5.32 Å². The van der Waals surface area contributed by atoms with Crippen LogP contribution in [0.2, 0.25) is 0 Å². The number of aryl methyl sites for hydroxylation is 1. The first-order valence-corrected chi connectivity index (χ1v) is 9.15. The number of aromatic nitrogens is 2. The van der Waals surface area contributed by atoms with Crippen LogP contribution in [0, 0.1) is 0 Å². The predicted molar refractivity (Wildman–Crippen MR) is 101 cm³/mol. The van der Waals surface area contributed by atoms with Crippen molar-refractivity contribution in [3.63, 3.8) is 0 Å². The number of thiophene rings is 1. The number of rotatable bonds is 6. The number of nitrogens with one attached hydrogen (secondary N) is 1. The lowest BCUT2D eigenvalue weighted by Gasteiger charge is -2.07. The van der Waals surface area contributed by atoms with E-state index in [0.29, 0.717) is 22.7 Å². The number of ether oxygens (including phenoxy) is 1. The minimum absolute atomic E-state index is 0.271. The Balaban J connectivity index is 1.79. The number of nitrogens with zero attached hydrogens (tertiary/aromatic N) is 2. The average Bonchev–Trinajstić information content (AvgIpc) is 3.32. The molecule has 0 saturated heterocycles. The van der Waals surface area contributed by atoms with Crippen molar-refractivity contribution in [3.8, 4) is 5.69 Å². The summed E-state index contributed by atoms with van der Waals surface area (Å²) in [7, 11) is 0. The second kappa shape index (κ2) is 7.97. The third-order valence-electron chi connectivity index (χ3n) is 3.75. The normalized spacial score (nSPS) is 10.5. The fourth-order valence-corrected chi connectivity index (χ4v) is 3.41. The summed E-state index contributed by atoms with van der Waals surface area (Å²) in [5.74, 6) is -0.695. The topological polar surface area (TPSA) is 73.2 Å². The van der Waals surface area contributed by atoms with Gasteiger partial charge in [0.15, 0.2) is 0 Å². The summed E-state index contributed by atoms with van der Waals surface area (Å²) in [6.07, 6.45) is 4.31. The highest BCUT2D eigenvalue weighted by Gasteiger charge is 2.19. The third kappa shape index (κ3) is 3.83. The molecule has 2 heterocycles. The van der Waals surface area contributed by atoms with E-state index in [4.69, 9.17) is 4.74 Å². The molecular weight excluding hydrogens is 350 g/mol. The van der Waals surface area contributed by atoms with Crippen LogP contribution in [0.5, 0.6) is 0 Å². The van der Waals surface area contributed by atoms with Gasteiger partial charge in [-0.05, 0) is 49.7 Å². The summed E-state index contributed by atoms with van der Waals surface area (Å²) in [6, 6.07) is 10.7. The first-order chi connectivity index (χ1) is 12.6. The molecule has 1 amide bonds. The van der Waals surface area contributed by atoms with Gasteiger partial charge in [-0.2, -0.15) is 5.10 Å². The SMILES string of the molecule is CCOC(=O)c1cc(CC)sc1NC(=O)c1ccc(-n2cccn2)cc1. The molecule has 1 aromatic carbocycles. The van der Waals surface area contributed by atoms with Crippen LogP contribution in [0.3, 0.4) is 0 Å². The first-order valence-electron chi connectivity index (χ1n) is 8.33. The minimum atomic E-state index is -0.423. The molecule has 1 N–H and O–H groups in total. The van der Waals surface area contributed by atoms with Crippen LogP contribution in [-0.2, 0) is 11.2 Å². The van der Waals surface area contributed by atoms with Gasteiger partial charge >= 0.3 is 5.97 Å². The molecule has 3 aromatic rings. The van der Waals surface area contributed by atoms with Gasteiger partial charge in [-0.15, -0.1) is 11.3 Å². The molecule has 3 rings (SSSR count). The monoisotopic (exact) mass is 369 g/mol. The summed E-state index contributed by atoms with van der Waals surface area (Å²) in [6.45, 7) is 4.04. The standard InChI is InChI=1S/C19H19N3O3S/c1-3-15-12-16(19(24)25-4-2)18(26-15)21-17(23)13-6-8-14(9-7-13)22-11-5-10-20-22/h5-12H,3-4H2,1-2H3,(H,21,23). The van der Waals surface area contributed by atoms with Crippen molar-refractivity contribution in [2.75, 3.05) is 11.9 Å². The van der Waals surface area contributed by atoms with E-state index < -0.39 is 5.97 Å². The van der Waals surface area contributed by atoms with Gasteiger partial charge in [0.2, 0.25) is 0 Å². The zero-order chi connectivity index (χ0) is 18.5. The van der Waals surface area contributed by atoms with Gasteiger partial charge < -0.3 is 10.1 Å². The maximum atomic E-state index is 12.6. The molecule has 0 aliphatic carbocycles. The lowest BCUT2D eigenvalue weighted by atomic mass is 10.2. The van der Waals surface area contributed by atoms with E-state index in [9.17, 15) is 9.59 Å². The molecule has 7 heteroatoms. The number of amides is 1. The van der Waals surface area contributed by atoms with Crippen molar-refractivity contribution in [1.82, 2.24) is 9.78 Å². The number of carbonyl (C=O) groups is 2. The number of hydrogen-bond donors (Lipinski definition) is 1. The summed E-state index contributed by atoms with van der Waals surface area (Å²) in [5.41, 5.74) is 1.76. The maximum Gasteiger partial charge on any atom is 0.341 e. The van der Waals surface area contributed by atoms with E-state index in [1.54, 1.807) is 36.0 Å². The number of benzene rings is 1. The minimum Gasteiger partial charge on any atom is -0.462 e. The van der Waals surface area contributed by atoms with Crippen LogP contribution in [0.25, 0.3) is 5.69 Å². The number of hydrogen-bond acceptors (Lipinski definition) is 5. The predicted octanol–water partition coefficient (Wildman–Crippen LogP) is 3.93. The van der Waals surface area contributed by atoms with Crippen LogP contribution in [0.15, 0.2) is 48.8 Å². The molecule has 0 atom stereocenters. The van der Waals surface area contributed by atoms with Crippen LogP contribution in [0.4, 0.5) is 5.00 Å². The molecule has 0 fully saturated rings. The van der Waals surface area contributed by atoms with Crippen molar-refractivity contribution in [1.29, 1.82) is 0 Å². The fraction of sp³-hybridized carbons (Fsp3) is 0.211. The molecule has 0 bridgehead atoms. The van der Waals surface area contributed by atoms with Crippen LogP contribution >= 0.6 is 11.3 Å². The van der Waals surface area contributed by atoms with Gasteiger partial charge in [-0.25, -0.2) is 9.48 Å². The quantitative estimate of drug-likeness (QED) is 0.668. The Morgan fingerprint density at radius 3 is 2.62 bits per heavy atom. The summed E-state index contributed by atoms with van der Waals surface area (Å²) in [4.78, 5) is 25.7. The van der Waals surface area contributed by atoms with E-state index >= 15 is 0 Å². The highest BCUT2D eigenvalue weighted by atomic mass is 32.1. The Morgan fingerprint density at radius 1 is 1.23 bits per heavy atom. The van der Waals surface area contributed by atoms with Gasteiger partial charge in [0, 0.05) is 22.8 Å². The molecule has 0 unspecified atom stereocenters. The van der Waals surface area contributed by atoms with Gasteiger partial charge in [0.25, 0.3) is 5.91 Å². The lowest BCUT2D eigenvalue weighted by molar-refractivity contribution is 0.0528. The Hall–Kier alpha value is -2.93. The van der Waals surface area contributed by atoms with Crippen molar-refractivity contribution in [2.45, 2.75) is 20.3 Å². The van der Waals surface area contributed by atoms with Crippen molar-refractivity contribution in [3.05, 3.63) is 64.8 Å². The van der Waals surface area contributed by atoms with E-state index in [2.05, 4.69) is 10.4 Å². The molecule has 26 heavy (non-hydrogen) atoms. The molecule has 2 aromatic heterocycles. The second-order valence-electron chi connectivity index (χ2n) is 5.48. The fourth-order valence-electron chi connectivity index (χ4n) is 2.43. The smallest absolute Gasteiger partial charge is 0.341 e. The highest BCUT2D eigenvalue weighted by Crippen LogP contribution is 2.29. The molecular formula is C19H19N3O3S. The first kappa shape index (κ1) is 17.9. The Morgan fingerprint density at radius 2 is 2.00 bits per heavy atom. The third-order valence-corrected chi connectivity index (χ3v) is 4.95. The van der Waals surface area contributed by atoms with Crippen molar-refractivity contribution in [2.24, 2.45) is 0 Å². The van der Waals surface area contributed by atoms with Gasteiger partial charge in [-0.1, -0.05) is 6.92 Å². The number of anilines is 1. The molecule has 6 nitrogen and oxygen atoms in total. The van der Waals surface area contributed by atoms with Crippen LogP contribution in [0.1, 0.15) is 39.4 Å². The molecule has 0 aliphatic rings. The Labute approximate surface area is 155 Å². The molecule has 0 radical (unpaired) electrons. The van der Waals surface area contributed by atoms with Gasteiger partial charge in [0.05, 0.1) is 17.9 Å². The number of esters is 1. The summed E-state index contributed by atoms with van der Waals surface area (Å²) >= 11 is 1.39.